The molecule has 1 aliphatic rings. The van der Waals surface area contributed by atoms with Gasteiger partial charge in [0.1, 0.15) is 6.10 Å². The molecule has 1 rings (SSSR count). The molecule has 1 unspecified atom stereocenters. The van der Waals surface area contributed by atoms with Crippen molar-refractivity contribution in [3.05, 3.63) is 0 Å². The smallest absolute Gasteiger partial charge is 0.418 e. The Morgan fingerprint density at radius 2 is 2.00 bits per heavy atom. The van der Waals surface area contributed by atoms with Gasteiger partial charge in [0.15, 0.2) is 6.10 Å². The van der Waals surface area contributed by atoms with E-state index in [0.29, 0.717) is 0 Å². The van der Waals surface area contributed by atoms with Crippen LogP contribution in [0.3, 0.4) is 0 Å². The van der Waals surface area contributed by atoms with Gasteiger partial charge in [0.25, 0.3) is 0 Å². The highest BCUT2D eigenvalue weighted by atomic mass is 16.6. The Hall–Kier alpha value is -1.06. The van der Waals surface area contributed by atoms with Gasteiger partial charge < -0.3 is 9.47 Å². The maximum absolute atomic E-state index is 11.3. The molecule has 0 heterocycles. The standard InChI is InChI=1S/C10H15O4/c1-8(13-7-11)10(12)14-9-5-3-2-4-6-9/h8-9H,2-6H2,1H3. The molecule has 0 saturated heterocycles. The lowest BCUT2D eigenvalue weighted by Gasteiger charge is -2.22. The van der Waals surface area contributed by atoms with Crippen LogP contribution in [0.5, 0.6) is 0 Å². The molecule has 0 aromatic carbocycles. The second-order valence-electron chi connectivity index (χ2n) is 3.54. The van der Waals surface area contributed by atoms with Gasteiger partial charge >= 0.3 is 12.4 Å². The van der Waals surface area contributed by atoms with Gasteiger partial charge in [-0.25, -0.2) is 9.59 Å². The highest BCUT2D eigenvalue weighted by molar-refractivity contribution is 5.75. The van der Waals surface area contributed by atoms with Gasteiger partial charge in [-0.3, -0.25) is 0 Å². The number of rotatable bonds is 4. The highest BCUT2D eigenvalue weighted by Gasteiger charge is 2.22. The van der Waals surface area contributed by atoms with Crippen LogP contribution in [0.25, 0.3) is 0 Å². The predicted molar refractivity (Wildman–Crippen MR) is 49.2 cm³/mol. The average Bonchev–Trinajstić information content (AvgIpc) is 2.19. The van der Waals surface area contributed by atoms with Crippen molar-refractivity contribution in [3.8, 4) is 0 Å². The van der Waals surface area contributed by atoms with Crippen molar-refractivity contribution < 1.29 is 19.1 Å². The normalized spacial score (nSPS) is 19.8. The molecule has 0 amide bonds. The number of ether oxygens (including phenoxy) is 2. The van der Waals surface area contributed by atoms with E-state index < -0.39 is 12.1 Å². The first kappa shape index (κ1) is 11.0. The fraction of sp³-hybridized carbons (Fsp3) is 0.800. The van der Waals surface area contributed by atoms with Crippen LogP contribution in [0.4, 0.5) is 0 Å². The van der Waals surface area contributed by atoms with Crippen LogP contribution in [-0.4, -0.2) is 24.6 Å². The van der Waals surface area contributed by atoms with Crippen LogP contribution in [0.2, 0.25) is 0 Å². The lowest BCUT2D eigenvalue weighted by atomic mass is 9.98. The van der Waals surface area contributed by atoms with Crippen molar-refractivity contribution in [2.45, 2.75) is 51.2 Å². The summed E-state index contributed by atoms with van der Waals surface area (Å²) in [6.45, 7) is 2.72. The van der Waals surface area contributed by atoms with E-state index in [4.69, 9.17) is 4.74 Å². The van der Waals surface area contributed by atoms with Crippen LogP contribution >= 0.6 is 0 Å². The third-order valence-electron chi connectivity index (χ3n) is 2.39. The Morgan fingerprint density at radius 1 is 1.36 bits per heavy atom. The molecule has 4 nitrogen and oxygen atoms in total. The molecular weight excluding hydrogens is 184 g/mol. The van der Waals surface area contributed by atoms with Crippen LogP contribution in [0.1, 0.15) is 39.0 Å². The molecule has 1 aliphatic carbocycles. The van der Waals surface area contributed by atoms with Gasteiger partial charge in [-0.05, 0) is 32.6 Å². The van der Waals surface area contributed by atoms with Crippen molar-refractivity contribution >= 4 is 12.4 Å². The van der Waals surface area contributed by atoms with Crippen molar-refractivity contribution in [3.63, 3.8) is 0 Å². The average molecular weight is 199 g/mol. The zero-order chi connectivity index (χ0) is 10.4. The molecule has 4 heteroatoms. The number of hydrogen-bond acceptors (Lipinski definition) is 4. The third-order valence-corrected chi connectivity index (χ3v) is 2.39. The summed E-state index contributed by atoms with van der Waals surface area (Å²) in [7, 11) is 0. The maximum atomic E-state index is 11.3. The van der Waals surface area contributed by atoms with Crippen molar-refractivity contribution in [1.82, 2.24) is 0 Å². The van der Waals surface area contributed by atoms with E-state index in [1.807, 2.05) is 0 Å². The number of carbonyl (C=O) groups is 1. The minimum absolute atomic E-state index is 0.00829. The molecule has 1 fully saturated rings. The summed E-state index contributed by atoms with van der Waals surface area (Å²) in [6, 6.07) is 0. The molecule has 14 heavy (non-hydrogen) atoms. The Bertz CT molecular complexity index is 196. The molecule has 0 N–H and O–H groups in total. The summed E-state index contributed by atoms with van der Waals surface area (Å²) < 4.78 is 9.53. The van der Waals surface area contributed by atoms with E-state index in [1.165, 1.54) is 19.8 Å². The first-order chi connectivity index (χ1) is 6.74. The summed E-state index contributed by atoms with van der Waals surface area (Å²) in [5.74, 6) is -0.472. The number of carbonyl (C=O) groups excluding carboxylic acids is 2. The lowest BCUT2D eigenvalue weighted by molar-refractivity contribution is -0.158. The Morgan fingerprint density at radius 3 is 2.57 bits per heavy atom. The molecular formula is C10H15O4. The zero-order valence-electron chi connectivity index (χ0n) is 8.32. The summed E-state index contributed by atoms with van der Waals surface area (Å²) >= 11 is 0. The van der Waals surface area contributed by atoms with E-state index in [-0.39, 0.29) is 6.10 Å². The van der Waals surface area contributed by atoms with Gasteiger partial charge in [-0.1, -0.05) is 6.42 Å². The summed E-state index contributed by atoms with van der Waals surface area (Å²) in [5, 5.41) is 0. The maximum Gasteiger partial charge on any atom is 0.418 e. The van der Waals surface area contributed by atoms with E-state index in [9.17, 15) is 9.59 Å². The number of hydrogen-bond donors (Lipinski definition) is 0. The Labute approximate surface area is 83.6 Å². The molecule has 1 saturated carbocycles. The lowest BCUT2D eigenvalue weighted by Crippen LogP contribution is -2.29. The van der Waals surface area contributed by atoms with Crippen molar-refractivity contribution in [1.29, 1.82) is 0 Å². The predicted octanol–water partition coefficient (Wildman–Crippen LogP) is 1.33. The molecule has 0 spiro atoms. The molecule has 0 aromatic heterocycles. The topological polar surface area (TPSA) is 52.6 Å². The number of esters is 1. The summed E-state index contributed by atoms with van der Waals surface area (Å²) in [4.78, 5) is 21.1. The molecule has 0 aliphatic heterocycles. The van der Waals surface area contributed by atoms with E-state index in [1.54, 1.807) is 0 Å². The molecule has 0 bridgehead atoms. The van der Waals surface area contributed by atoms with Gasteiger partial charge in [-0.15, -0.1) is 0 Å². The first-order valence-electron chi connectivity index (χ1n) is 4.97. The summed E-state index contributed by atoms with van der Waals surface area (Å²) in [6.07, 6.45) is 4.43. The van der Waals surface area contributed by atoms with Crippen molar-refractivity contribution in [2.75, 3.05) is 0 Å². The van der Waals surface area contributed by atoms with E-state index in [2.05, 4.69) is 4.74 Å². The molecule has 1 atom stereocenters. The fourth-order valence-corrected chi connectivity index (χ4v) is 1.56. The fourth-order valence-electron chi connectivity index (χ4n) is 1.56. The first-order valence-corrected chi connectivity index (χ1v) is 4.97. The Kier molecular flexibility index (Phi) is 4.43. The Balaban J connectivity index is 2.27. The zero-order valence-corrected chi connectivity index (χ0v) is 8.32. The molecule has 1 radical (unpaired) electrons. The van der Waals surface area contributed by atoms with Crippen molar-refractivity contribution in [2.24, 2.45) is 0 Å². The monoisotopic (exact) mass is 199 g/mol. The SMILES string of the molecule is CC(O[C]=O)C(=O)OC1CCCCC1. The van der Waals surface area contributed by atoms with E-state index >= 15 is 0 Å². The second-order valence-corrected chi connectivity index (χ2v) is 3.54. The minimum atomic E-state index is -0.838. The van der Waals surface area contributed by atoms with E-state index in [0.717, 1.165) is 25.7 Å². The molecule has 0 aromatic rings. The third kappa shape index (κ3) is 3.36. The van der Waals surface area contributed by atoms with Crippen LogP contribution in [0, 0.1) is 0 Å². The summed E-state index contributed by atoms with van der Waals surface area (Å²) in [5.41, 5.74) is 0. The van der Waals surface area contributed by atoms with Crippen LogP contribution < -0.4 is 0 Å². The quantitative estimate of drug-likeness (QED) is 0.641. The largest absolute Gasteiger partial charge is 0.460 e. The highest BCUT2D eigenvalue weighted by Crippen LogP contribution is 2.20. The van der Waals surface area contributed by atoms with Gasteiger partial charge in [-0.2, -0.15) is 0 Å². The molecule has 79 valence electrons. The van der Waals surface area contributed by atoms with Gasteiger partial charge in [0.2, 0.25) is 0 Å². The van der Waals surface area contributed by atoms with Crippen LogP contribution in [-0.2, 0) is 19.1 Å². The van der Waals surface area contributed by atoms with Crippen LogP contribution in [0.15, 0.2) is 0 Å². The second kappa shape index (κ2) is 5.62. The van der Waals surface area contributed by atoms with Gasteiger partial charge in [0.05, 0.1) is 0 Å². The minimum Gasteiger partial charge on any atom is -0.460 e. The van der Waals surface area contributed by atoms with Gasteiger partial charge in [0, 0.05) is 0 Å².